The van der Waals surface area contributed by atoms with Gasteiger partial charge < -0.3 is 15.6 Å². The van der Waals surface area contributed by atoms with Crippen LogP contribution in [0.4, 0.5) is 0 Å². The maximum atomic E-state index is 11.6. The van der Waals surface area contributed by atoms with Crippen LogP contribution in [-0.4, -0.2) is 34.6 Å². The van der Waals surface area contributed by atoms with E-state index < -0.39 is 5.91 Å². The number of nitrogens with zero attached hydrogens (tertiary/aromatic N) is 3. The standard InChI is InChI=1S/C22H22N4O3S/c1-2-29-17-8-3-14(4-9-17)12-24-26-19(13-30-22(26)25-16-6-7-16)15-5-10-20(27)18(11-15)21(23)28/h3-5,8-13,16,27H,2,6-7H2,1H3,(H2,23,28)/b24-12-,25-22?. The molecule has 8 heteroatoms. The van der Waals surface area contributed by atoms with E-state index in [0.717, 1.165) is 40.2 Å². The van der Waals surface area contributed by atoms with E-state index in [4.69, 9.17) is 15.5 Å². The normalized spacial score (nSPS) is 14.4. The van der Waals surface area contributed by atoms with Crippen molar-refractivity contribution in [3.8, 4) is 22.8 Å². The third-order valence-electron chi connectivity index (χ3n) is 4.60. The first-order valence-corrected chi connectivity index (χ1v) is 10.6. The zero-order chi connectivity index (χ0) is 21.1. The SMILES string of the molecule is CCOc1ccc(/C=N\n2c(-c3ccc(O)c(C(N)=O)c3)csc2=NC2CC2)cc1. The number of carbonyl (C=O) groups is 1. The fraction of sp³-hybridized carbons (Fsp3) is 0.227. The first-order valence-electron chi connectivity index (χ1n) is 9.70. The van der Waals surface area contributed by atoms with Crippen molar-refractivity contribution in [1.82, 2.24) is 4.68 Å². The number of nitrogens with two attached hydrogens (primary N) is 1. The molecule has 4 rings (SSSR count). The number of aromatic hydroxyl groups is 1. The van der Waals surface area contributed by atoms with Gasteiger partial charge in [0, 0.05) is 10.9 Å². The van der Waals surface area contributed by atoms with Crippen molar-refractivity contribution >= 4 is 23.5 Å². The molecule has 0 spiro atoms. The van der Waals surface area contributed by atoms with E-state index in [0.29, 0.717) is 12.6 Å². The summed E-state index contributed by atoms with van der Waals surface area (Å²) < 4.78 is 7.24. The van der Waals surface area contributed by atoms with Crippen LogP contribution in [0.25, 0.3) is 11.3 Å². The lowest BCUT2D eigenvalue weighted by molar-refractivity contribution is 0.0998. The molecule has 7 nitrogen and oxygen atoms in total. The van der Waals surface area contributed by atoms with E-state index >= 15 is 0 Å². The summed E-state index contributed by atoms with van der Waals surface area (Å²) in [6, 6.07) is 12.8. The Bertz CT molecular complexity index is 1160. The van der Waals surface area contributed by atoms with Crippen molar-refractivity contribution in [3.63, 3.8) is 0 Å². The smallest absolute Gasteiger partial charge is 0.252 e. The van der Waals surface area contributed by atoms with Crippen molar-refractivity contribution < 1.29 is 14.6 Å². The van der Waals surface area contributed by atoms with Crippen molar-refractivity contribution in [1.29, 1.82) is 0 Å². The number of hydrogen-bond acceptors (Lipinski definition) is 6. The Kier molecular flexibility index (Phi) is 5.67. The van der Waals surface area contributed by atoms with E-state index in [-0.39, 0.29) is 11.3 Å². The summed E-state index contributed by atoms with van der Waals surface area (Å²) in [7, 11) is 0. The summed E-state index contributed by atoms with van der Waals surface area (Å²) in [6.45, 7) is 2.56. The van der Waals surface area contributed by atoms with Gasteiger partial charge in [0.2, 0.25) is 4.80 Å². The van der Waals surface area contributed by atoms with Crippen LogP contribution in [0, 0.1) is 0 Å². The molecule has 1 heterocycles. The number of aromatic nitrogens is 1. The molecule has 2 aromatic carbocycles. The fourth-order valence-corrected chi connectivity index (χ4v) is 3.80. The van der Waals surface area contributed by atoms with Crippen molar-refractivity contribution in [2.24, 2.45) is 15.8 Å². The molecule has 0 bridgehead atoms. The Labute approximate surface area is 177 Å². The van der Waals surface area contributed by atoms with E-state index in [9.17, 15) is 9.90 Å². The molecule has 1 aromatic heterocycles. The number of ether oxygens (including phenoxy) is 1. The van der Waals surface area contributed by atoms with Crippen molar-refractivity contribution in [3.05, 3.63) is 63.8 Å². The fourth-order valence-electron chi connectivity index (χ4n) is 2.89. The first kappa shape index (κ1) is 19.9. The summed E-state index contributed by atoms with van der Waals surface area (Å²) >= 11 is 1.49. The van der Waals surface area contributed by atoms with Gasteiger partial charge in [-0.25, -0.2) is 4.68 Å². The lowest BCUT2D eigenvalue weighted by Gasteiger charge is -2.07. The second-order valence-corrected chi connectivity index (χ2v) is 7.75. The van der Waals surface area contributed by atoms with Gasteiger partial charge in [-0.3, -0.25) is 9.79 Å². The van der Waals surface area contributed by atoms with Crippen molar-refractivity contribution in [2.45, 2.75) is 25.8 Å². The van der Waals surface area contributed by atoms with Gasteiger partial charge in [0.1, 0.15) is 11.5 Å². The van der Waals surface area contributed by atoms with Crippen LogP contribution in [-0.2, 0) is 0 Å². The quantitative estimate of drug-likeness (QED) is 0.571. The highest BCUT2D eigenvalue weighted by molar-refractivity contribution is 7.07. The van der Waals surface area contributed by atoms with Crippen LogP contribution >= 0.6 is 11.3 Å². The van der Waals surface area contributed by atoms with Gasteiger partial charge >= 0.3 is 0 Å². The maximum Gasteiger partial charge on any atom is 0.252 e. The molecule has 0 aliphatic heterocycles. The molecule has 0 atom stereocenters. The first-order chi connectivity index (χ1) is 14.5. The topological polar surface area (TPSA) is 102 Å². The van der Waals surface area contributed by atoms with Gasteiger partial charge in [0.15, 0.2) is 0 Å². The zero-order valence-electron chi connectivity index (χ0n) is 16.5. The van der Waals surface area contributed by atoms with E-state index in [1.165, 1.54) is 17.4 Å². The van der Waals surface area contributed by atoms with Crippen LogP contribution in [0.2, 0.25) is 0 Å². The van der Waals surface area contributed by atoms with Crippen LogP contribution < -0.4 is 15.3 Å². The molecule has 3 aromatic rings. The average molecular weight is 423 g/mol. The number of thiazole rings is 1. The highest BCUT2D eigenvalue weighted by Crippen LogP contribution is 2.27. The molecule has 1 aliphatic carbocycles. The Morgan fingerprint density at radius 3 is 2.73 bits per heavy atom. The Morgan fingerprint density at radius 1 is 1.30 bits per heavy atom. The summed E-state index contributed by atoms with van der Waals surface area (Å²) in [4.78, 5) is 17.2. The molecule has 3 N–H and O–H groups in total. The van der Waals surface area contributed by atoms with E-state index in [2.05, 4.69) is 5.10 Å². The lowest BCUT2D eigenvalue weighted by atomic mass is 10.1. The largest absolute Gasteiger partial charge is 0.507 e. The number of benzene rings is 2. The highest BCUT2D eigenvalue weighted by Gasteiger charge is 2.21. The molecule has 154 valence electrons. The predicted molar refractivity (Wildman–Crippen MR) is 117 cm³/mol. The summed E-state index contributed by atoms with van der Waals surface area (Å²) in [5.41, 5.74) is 7.87. The monoisotopic (exact) mass is 422 g/mol. The lowest BCUT2D eigenvalue weighted by Crippen LogP contribution is -2.14. The van der Waals surface area contributed by atoms with Crippen molar-refractivity contribution in [2.75, 3.05) is 6.61 Å². The van der Waals surface area contributed by atoms with Crippen LogP contribution in [0.5, 0.6) is 11.5 Å². The molecule has 1 amide bonds. The average Bonchev–Trinajstić information content (AvgIpc) is 3.47. The Hall–Kier alpha value is -3.39. The zero-order valence-corrected chi connectivity index (χ0v) is 17.3. The molecule has 1 fully saturated rings. The van der Waals surface area contributed by atoms with Gasteiger partial charge in [-0.15, -0.1) is 11.3 Å². The second kappa shape index (κ2) is 8.54. The minimum absolute atomic E-state index is 0.0708. The predicted octanol–water partition coefficient (Wildman–Crippen LogP) is 3.37. The number of primary amides is 1. The number of phenols is 1. The van der Waals surface area contributed by atoms with Gasteiger partial charge in [-0.2, -0.15) is 5.10 Å². The number of carbonyl (C=O) groups excluding carboxylic acids is 1. The third-order valence-corrected chi connectivity index (χ3v) is 5.43. The molecule has 30 heavy (non-hydrogen) atoms. The van der Waals surface area contributed by atoms with Gasteiger partial charge in [-0.05, 0) is 67.8 Å². The molecule has 0 saturated heterocycles. The van der Waals surface area contributed by atoms with Crippen LogP contribution in [0.3, 0.4) is 0 Å². The molecule has 0 radical (unpaired) electrons. The van der Waals surface area contributed by atoms with Gasteiger partial charge in [0.25, 0.3) is 5.91 Å². The number of hydrogen-bond donors (Lipinski definition) is 2. The van der Waals surface area contributed by atoms with Gasteiger partial charge in [-0.1, -0.05) is 0 Å². The molecular weight excluding hydrogens is 400 g/mol. The minimum atomic E-state index is -0.683. The van der Waals surface area contributed by atoms with Crippen LogP contribution in [0.15, 0.2) is 57.9 Å². The van der Waals surface area contributed by atoms with E-state index in [1.807, 2.05) is 36.6 Å². The Morgan fingerprint density at radius 2 is 2.07 bits per heavy atom. The number of rotatable bonds is 7. The maximum absolute atomic E-state index is 11.6. The van der Waals surface area contributed by atoms with Crippen LogP contribution in [0.1, 0.15) is 35.7 Å². The van der Waals surface area contributed by atoms with E-state index in [1.54, 1.807) is 23.0 Å². The third kappa shape index (κ3) is 4.44. The molecule has 1 aliphatic rings. The minimum Gasteiger partial charge on any atom is -0.507 e. The summed E-state index contributed by atoms with van der Waals surface area (Å²) in [5.74, 6) is -0.0169. The second-order valence-electron chi connectivity index (χ2n) is 6.92. The highest BCUT2D eigenvalue weighted by atomic mass is 32.1. The van der Waals surface area contributed by atoms with Gasteiger partial charge in [0.05, 0.1) is 30.1 Å². The Balaban J connectivity index is 1.74. The summed E-state index contributed by atoms with van der Waals surface area (Å²) in [6.07, 6.45) is 3.93. The molecule has 1 saturated carbocycles. The molecular formula is C22H22N4O3S. The summed E-state index contributed by atoms with van der Waals surface area (Å²) in [5, 5.41) is 16.5. The number of amides is 1. The molecule has 0 unspecified atom stereocenters.